The molecule has 18 heavy (non-hydrogen) atoms. The van der Waals surface area contributed by atoms with Crippen LogP contribution in [0, 0.1) is 0 Å². The summed E-state index contributed by atoms with van der Waals surface area (Å²) < 4.78 is 6.18. The number of carboxylic acids is 1. The van der Waals surface area contributed by atoms with Crippen molar-refractivity contribution in [1.82, 2.24) is 5.32 Å². The number of hydrogen-bond acceptors (Lipinski definition) is 3. The molecule has 6 heteroatoms. The Bertz CT molecular complexity index is 605. The third kappa shape index (κ3) is 2.70. The second-order valence-corrected chi connectivity index (χ2v) is 4.52. The molecule has 0 atom stereocenters. The van der Waals surface area contributed by atoms with Crippen molar-refractivity contribution in [3.05, 3.63) is 34.5 Å². The first-order chi connectivity index (χ1) is 8.58. The fourth-order valence-electron chi connectivity index (χ4n) is 1.51. The summed E-state index contributed by atoms with van der Waals surface area (Å²) in [6, 6.07) is 7.11. The fourth-order valence-corrected chi connectivity index (χ4v) is 1.97. The number of halogens is 1. The van der Waals surface area contributed by atoms with Crippen molar-refractivity contribution in [3.8, 4) is 0 Å². The smallest absolute Gasteiger partial charge is 0.305 e. The zero-order valence-corrected chi connectivity index (χ0v) is 10.9. The zero-order chi connectivity index (χ0) is 13.1. The number of hydrogen-bond donors (Lipinski definition) is 2. The molecule has 2 aromatic rings. The van der Waals surface area contributed by atoms with E-state index in [2.05, 4.69) is 21.2 Å². The van der Waals surface area contributed by atoms with E-state index in [1.807, 2.05) is 18.2 Å². The summed E-state index contributed by atoms with van der Waals surface area (Å²) in [5.41, 5.74) is 0.598. The first-order valence-corrected chi connectivity index (χ1v) is 6.05. The van der Waals surface area contributed by atoms with Gasteiger partial charge >= 0.3 is 5.97 Å². The Morgan fingerprint density at radius 1 is 1.39 bits per heavy atom. The standard InChI is InChI=1S/C12H10BrNO4/c13-8-3-1-2-7-6-9(18-11(7)8)12(17)14-5-4-10(15)16/h1-3,6H,4-5H2,(H,14,17)(H,15,16). The SMILES string of the molecule is O=C(O)CCNC(=O)c1cc2cccc(Br)c2o1. The largest absolute Gasteiger partial charge is 0.481 e. The number of fused-ring (bicyclic) bond motifs is 1. The highest BCUT2D eigenvalue weighted by atomic mass is 79.9. The van der Waals surface area contributed by atoms with Gasteiger partial charge in [-0.25, -0.2) is 0 Å². The van der Waals surface area contributed by atoms with Crippen LogP contribution in [-0.2, 0) is 4.79 Å². The van der Waals surface area contributed by atoms with Crippen LogP contribution in [-0.4, -0.2) is 23.5 Å². The molecule has 2 rings (SSSR count). The molecular weight excluding hydrogens is 302 g/mol. The molecule has 94 valence electrons. The number of furan rings is 1. The van der Waals surface area contributed by atoms with Gasteiger partial charge in [-0.05, 0) is 28.1 Å². The van der Waals surface area contributed by atoms with Gasteiger partial charge in [0.25, 0.3) is 5.91 Å². The summed E-state index contributed by atoms with van der Waals surface area (Å²) >= 11 is 3.33. The molecule has 1 amide bonds. The molecule has 0 radical (unpaired) electrons. The second kappa shape index (κ2) is 5.22. The van der Waals surface area contributed by atoms with Crippen molar-refractivity contribution < 1.29 is 19.1 Å². The zero-order valence-electron chi connectivity index (χ0n) is 9.27. The highest BCUT2D eigenvalue weighted by Crippen LogP contribution is 2.26. The van der Waals surface area contributed by atoms with Gasteiger partial charge in [0.15, 0.2) is 5.76 Å². The van der Waals surface area contributed by atoms with Gasteiger partial charge < -0.3 is 14.8 Å². The van der Waals surface area contributed by atoms with Gasteiger partial charge in [0.1, 0.15) is 5.58 Å². The van der Waals surface area contributed by atoms with E-state index in [4.69, 9.17) is 9.52 Å². The quantitative estimate of drug-likeness (QED) is 0.908. The molecule has 0 spiro atoms. The van der Waals surface area contributed by atoms with Gasteiger partial charge in [0.05, 0.1) is 10.9 Å². The van der Waals surface area contributed by atoms with Crippen molar-refractivity contribution in [2.24, 2.45) is 0 Å². The Labute approximate surface area is 111 Å². The van der Waals surface area contributed by atoms with Crippen LogP contribution in [0.2, 0.25) is 0 Å². The summed E-state index contributed by atoms with van der Waals surface area (Å²) in [7, 11) is 0. The minimum absolute atomic E-state index is 0.0758. The maximum atomic E-state index is 11.7. The van der Waals surface area contributed by atoms with Crippen LogP contribution in [0.25, 0.3) is 11.0 Å². The van der Waals surface area contributed by atoms with E-state index in [0.717, 1.165) is 9.86 Å². The van der Waals surface area contributed by atoms with Crippen molar-refractivity contribution in [2.45, 2.75) is 6.42 Å². The Kier molecular flexibility index (Phi) is 3.66. The van der Waals surface area contributed by atoms with Gasteiger partial charge in [0.2, 0.25) is 0 Å². The van der Waals surface area contributed by atoms with Crippen LogP contribution >= 0.6 is 15.9 Å². The molecule has 0 aliphatic heterocycles. The highest BCUT2D eigenvalue weighted by Gasteiger charge is 2.13. The Morgan fingerprint density at radius 2 is 2.17 bits per heavy atom. The summed E-state index contributed by atoms with van der Waals surface area (Å²) in [4.78, 5) is 22.0. The molecular formula is C12H10BrNO4. The van der Waals surface area contributed by atoms with Crippen LogP contribution in [0.3, 0.4) is 0 Å². The predicted octanol–water partition coefficient (Wildman–Crippen LogP) is 2.40. The molecule has 0 saturated carbocycles. The second-order valence-electron chi connectivity index (χ2n) is 3.67. The number of carbonyl (C=O) groups is 2. The molecule has 1 aromatic heterocycles. The van der Waals surface area contributed by atoms with E-state index in [1.165, 1.54) is 0 Å². The number of benzene rings is 1. The Morgan fingerprint density at radius 3 is 2.83 bits per heavy atom. The lowest BCUT2D eigenvalue weighted by Gasteiger charge is -1.99. The average molecular weight is 312 g/mol. The van der Waals surface area contributed by atoms with Crippen molar-refractivity contribution in [3.63, 3.8) is 0 Å². The molecule has 1 heterocycles. The van der Waals surface area contributed by atoms with Crippen LogP contribution in [0.4, 0.5) is 0 Å². The number of carbonyl (C=O) groups excluding carboxylic acids is 1. The molecule has 0 unspecified atom stereocenters. The lowest BCUT2D eigenvalue weighted by atomic mass is 10.2. The maximum absolute atomic E-state index is 11.7. The van der Waals surface area contributed by atoms with Crippen molar-refractivity contribution in [1.29, 1.82) is 0 Å². The molecule has 0 bridgehead atoms. The number of aliphatic carboxylic acids is 1. The van der Waals surface area contributed by atoms with Crippen LogP contribution in [0.5, 0.6) is 0 Å². The van der Waals surface area contributed by atoms with Crippen LogP contribution < -0.4 is 5.32 Å². The molecule has 0 aliphatic carbocycles. The van der Waals surface area contributed by atoms with Crippen molar-refractivity contribution in [2.75, 3.05) is 6.54 Å². The van der Waals surface area contributed by atoms with Gasteiger partial charge in [-0.15, -0.1) is 0 Å². The van der Waals surface area contributed by atoms with E-state index in [9.17, 15) is 9.59 Å². The van der Waals surface area contributed by atoms with E-state index in [0.29, 0.717) is 5.58 Å². The summed E-state index contributed by atoms with van der Waals surface area (Å²) in [5, 5.41) is 11.8. The molecule has 2 N–H and O–H groups in total. The average Bonchev–Trinajstić information content (AvgIpc) is 2.74. The topological polar surface area (TPSA) is 79.5 Å². The molecule has 1 aromatic carbocycles. The summed E-state index contributed by atoms with van der Waals surface area (Å²) in [6.45, 7) is 0.0758. The number of amides is 1. The third-order valence-electron chi connectivity index (χ3n) is 2.34. The number of rotatable bonds is 4. The first-order valence-electron chi connectivity index (χ1n) is 5.26. The number of carboxylic acid groups (broad SMARTS) is 1. The number of para-hydroxylation sites is 1. The maximum Gasteiger partial charge on any atom is 0.305 e. The predicted molar refractivity (Wildman–Crippen MR) is 68.5 cm³/mol. The lowest BCUT2D eigenvalue weighted by molar-refractivity contribution is -0.136. The Balaban J connectivity index is 2.13. The minimum Gasteiger partial charge on any atom is -0.481 e. The van der Waals surface area contributed by atoms with Gasteiger partial charge in [0, 0.05) is 11.9 Å². The fraction of sp³-hybridized carbons (Fsp3) is 0.167. The lowest BCUT2D eigenvalue weighted by Crippen LogP contribution is -2.25. The molecule has 5 nitrogen and oxygen atoms in total. The van der Waals surface area contributed by atoms with E-state index in [-0.39, 0.29) is 18.7 Å². The normalized spacial score (nSPS) is 10.5. The van der Waals surface area contributed by atoms with Crippen molar-refractivity contribution >= 4 is 38.8 Å². The minimum atomic E-state index is -0.956. The van der Waals surface area contributed by atoms with E-state index >= 15 is 0 Å². The monoisotopic (exact) mass is 311 g/mol. The van der Waals surface area contributed by atoms with Crippen LogP contribution in [0.15, 0.2) is 33.2 Å². The number of nitrogens with one attached hydrogen (secondary N) is 1. The van der Waals surface area contributed by atoms with Gasteiger partial charge in [-0.3, -0.25) is 9.59 Å². The van der Waals surface area contributed by atoms with Crippen LogP contribution in [0.1, 0.15) is 17.0 Å². The molecule has 0 saturated heterocycles. The highest BCUT2D eigenvalue weighted by molar-refractivity contribution is 9.10. The first kappa shape index (κ1) is 12.6. The third-order valence-corrected chi connectivity index (χ3v) is 2.97. The molecule has 0 fully saturated rings. The van der Waals surface area contributed by atoms with E-state index in [1.54, 1.807) is 6.07 Å². The van der Waals surface area contributed by atoms with Gasteiger partial charge in [-0.1, -0.05) is 12.1 Å². The summed E-state index contributed by atoms with van der Waals surface area (Å²) in [6.07, 6.45) is -0.115. The molecule has 0 aliphatic rings. The Hall–Kier alpha value is -1.82. The van der Waals surface area contributed by atoms with Gasteiger partial charge in [-0.2, -0.15) is 0 Å². The van der Waals surface area contributed by atoms with E-state index < -0.39 is 11.9 Å². The summed E-state index contributed by atoms with van der Waals surface area (Å²) in [5.74, 6) is -1.20.